The zero-order valence-electron chi connectivity index (χ0n) is 11.5. The lowest BCUT2D eigenvalue weighted by Gasteiger charge is -2.06. The molecule has 0 unspecified atom stereocenters. The van der Waals surface area contributed by atoms with Crippen molar-refractivity contribution in [1.29, 1.82) is 0 Å². The standard InChI is InChI=1S/C15H16N2O3S/c1-16-21(19,20)14-9-7-13(8-10-14)15(18)17-11-12-5-3-2-4-6-12/h2-10,16H,11H2,1H3,(H,17,18). The highest BCUT2D eigenvalue weighted by atomic mass is 32.2. The van der Waals surface area contributed by atoms with Gasteiger partial charge in [-0.05, 0) is 36.9 Å². The van der Waals surface area contributed by atoms with Gasteiger partial charge in [0.25, 0.3) is 5.91 Å². The summed E-state index contributed by atoms with van der Waals surface area (Å²) in [6.45, 7) is 0.427. The van der Waals surface area contributed by atoms with E-state index in [0.29, 0.717) is 12.1 Å². The molecule has 0 spiro atoms. The van der Waals surface area contributed by atoms with Crippen molar-refractivity contribution in [3.05, 3.63) is 65.7 Å². The molecule has 0 fully saturated rings. The predicted molar refractivity (Wildman–Crippen MR) is 80.3 cm³/mol. The van der Waals surface area contributed by atoms with Crippen molar-refractivity contribution in [3.8, 4) is 0 Å². The number of nitrogens with one attached hydrogen (secondary N) is 2. The fourth-order valence-corrected chi connectivity index (χ4v) is 2.51. The van der Waals surface area contributed by atoms with Crippen LogP contribution in [0.1, 0.15) is 15.9 Å². The molecule has 1 amide bonds. The molecule has 0 aromatic heterocycles. The molecule has 2 aromatic carbocycles. The summed E-state index contributed by atoms with van der Waals surface area (Å²) < 4.78 is 25.4. The Kier molecular flexibility index (Phi) is 4.72. The van der Waals surface area contributed by atoms with Crippen LogP contribution in [0.15, 0.2) is 59.5 Å². The molecule has 6 heteroatoms. The van der Waals surface area contributed by atoms with Gasteiger partial charge in [-0.25, -0.2) is 13.1 Å². The monoisotopic (exact) mass is 304 g/mol. The number of hydrogen-bond acceptors (Lipinski definition) is 3. The summed E-state index contributed by atoms with van der Waals surface area (Å²) >= 11 is 0. The maximum Gasteiger partial charge on any atom is 0.251 e. The highest BCUT2D eigenvalue weighted by Gasteiger charge is 2.12. The molecule has 0 saturated carbocycles. The van der Waals surface area contributed by atoms with Crippen LogP contribution in [0.3, 0.4) is 0 Å². The highest BCUT2D eigenvalue weighted by molar-refractivity contribution is 7.89. The van der Waals surface area contributed by atoms with Gasteiger partial charge >= 0.3 is 0 Å². The Morgan fingerprint density at radius 1 is 1.00 bits per heavy atom. The van der Waals surface area contributed by atoms with Crippen LogP contribution in [-0.2, 0) is 16.6 Å². The first-order valence-electron chi connectivity index (χ1n) is 6.38. The van der Waals surface area contributed by atoms with Crippen molar-refractivity contribution >= 4 is 15.9 Å². The molecule has 0 radical (unpaired) electrons. The van der Waals surface area contributed by atoms with Crippen LogP contribution >= 0.6 is 0 Å². The highest BCUT2D eigenvalue weighted by Crippen LogP contribution is 2.10. The maximum absolute atomic E-state index is 12.0. The Morgan fingerprint density at radius 2 is 1.62 bits per heavy atom. The van der Waals surface area contributed by atoms with E-state index in [2.05, 4.69) is 10.0 Å². The number of hydrogen-bond donors (Lipinski definition) is 2. The van der Waals surface area contributed by atoms with Crippen LogP contribution in [0.25, 0.3) is 0 Å². The molecule has 0 saturated heterocycles. The molecule has 2 rings (SSSR count). The van der Waals surface area contributed by atoms with Gasteiger partial charge in [-0.2, -0.15) is 0 Å². The van der Waals surface area contributed by atoms with Gasteiger partial charge in [-0.1, -0.05) is 30.3 Å². The van der Waals surface area contributed by atoms with Gasteiger partial charge in [-0.3, -0.25) is 4.79 Å². The van der Waals surface area contributed by atoms with E-state index in [0.717, 1.165) is 5.56 Å². The normalized spacial score (nSPS) is 11.1. The van der Waals surface area contributed by atoms with Gasteiger partial charge in [0.15, 0.2) is 0 Å². The van der Waals surface area contributed by atoms with E-state index in [4.69, 9.17) is 0 Å². The number of carbonyl (C=O) groups excluding carboxylic acids is 1. The van der Waals surface area contributed by atoms with Gasteiger partial charge in [0.2, 0.25) is 10.0 Å². The first kappa shape index (κ1) is 15.2. The van der Waals surface area contributed by atoms with Crippen molar-refractivity contribution in [2.45, 2.75) is 11.4 Å². The lowest BCUT2D eigenvalue weighted by Crippen LogP contribution is -2.23. The number of amides is 1. The van der Waals surface area contributed by atoms with Crippen molar-refractivity contribution in [3.63, 3.8) is 0 Å². The van der Waals surface area contributed by atoms with Crippen molar-refractivity contribution in [2.75, 3.05) is 7.05 Å². The second-order valence-electron chi connectivity index (χ2n) is 4.40. The van der Waals surface area contributed by atoms with E-state index < -0.39 is 10.0 Å². The number of rotatable bonds is 5. The summed E-state index contributed by atoms with van der Waals surface area (Å²) in [5, 5.41) is 2.78. The van der Waals surface area contributed by atoms with Gasteiger partial charge in [-0.15, -0.1) is 0 Å². The van der Waals surface area contributed by atoms with Crippen molar-refractivity contribution in [1.82, 2.24) is 10.0 Å². The van der Waals surface area contributed by atoms with Crippen LogP contribution in [0.4, 0.5) is 0 Å². The molecule has 110 valence electrons. The molecular weight excluding hydrogens is 288 g/mol. The maximum atomic E-state index is 12.0. The Balaban J connectivity index is 2.04. The lowest BCUT2D eigenvalue weighted by molar-refractivity contribution is 0.0951. The minimum Gasteiger partial charge on any atom is -0.348 e. The first-order chi connectivity index (χ1) is 10.0. The summed E-state index contributed by atoms with van der Waals surface area (Å²) in [6.07, 6.45) is 0. The van der Waals surface area contributed by atoms with Crippen molar-refractivity contribution in [2.24, 2.45) is 0 Å². The molecule has 21 heavy (non-hydrogen) atoms. The molecule has 5 nitrogen and oxygen atoms in total. The minimum atomic E-state index is -3.48. The Hall–Kier alpha value is -2.18. The van der Waals surface area contributed by atoms with Gasteiger partial charge < -0.3 is 5.32 Å². The van der Waals surface area contributed by atoms with Crippen LogP contribution in [-0.4, -0.2) is 21.4 Å². The third-order valence-corrected chi connectivity index (χ3v) is 4.42. The predicted octanol–water partition coefficient (Wildman–Crippen LogP) is 1.52. The zero-order chi connectivity index (χ0) is 15.3. The molecule has 2 N–H and O–H groups in total. The minimum absolute atomic E-state index is 0.129. The van der Waals surface area contributed by atoms with E-state index in [1.165, 1.54) is 31.3 Å². The second-order valence-corrected chi connectivity index (χ2v) is 6.29. The van der Waals surface area contributed by atoms with Gasteiger partial charge in [0.1, 0.15) is 0 Å². The number of benzene rings is 2. The SMILES string of the molecule is CNS(=O)(=O)c1ccc(C(=O)NCc2ccccc2)cc1. The van der Waals surface area contributed by atoms with E-state index >= 15 is 0 Å². The Labute approximate surface area is 124 Å². The summed E-state index contributed by atoms with van der Waals surface area (Å²) in [5.41, 5.74) is 1.42. The van der Waals surface area contributed by atoms with Crippen LogP contribution < -0.4 is 10.0 Å². The second kappa shape index (κ2) is 6.51. The number of sulfonamides is 1. The fraction of sp³-hybridized carbons (Fsp3) is 0.133. The fourth-order valence-electron chi connectivity index (χ4n) is 1.78. The molecular formula is C15H16N2O3S. The largest absolute Gasteiger partial charge is 0.348 e. The smallest absolute Gasteiger partial charge is 0.251 e. The third kappa shape index (κ3) is 3.90. The Morgan fingerprint density at radius 3 is 2.19 bits per heavy atom. The van der Waals surface area contributed by atoms with Gasteiger partial charge in [0.05, 0.1) is 4.90 Å². The van der Waals surface area contributed by atoms with Gasteiger partial charge in [0, 0.05) is 12.1 Å². The van der Waals surface area contributed by atoms with E-state index in [1.807, 2.05) is 30.3 Å². The first-order valence-corrected chi connectivity index (χ1v) is 7.87. The summed E-state index contributed by atoms with van der Waals surface area (Å²) in [6, 6.07) is 15.3. The molecule has 0 aliphatic heterocycles. The average molecular weight is 304 g/mol. The zero-order valence-corrected chi connectivity index (χ0v) is 12.4. The van der Waals surface area contributed by atoms with E-state index in [1.54, 1.807) is 0 Å². The quantitative estimate of drug-likeness (QED) is 0.879. The van der Waals surface area contributed by atoms with E-state index in [-0.39, 0.29) is 10.8 Å². The number of carbonyl (C=O) groups is 1. The molecule has 0 bridgehead atoms. The molecule has 0 aliphatic rings. The summed E-state index contributed by atoms with van der Waals surface area (Å²) in [7, 11) is -2.13. The summed E-state index contributed by atoms with van der Waals surface area (Å²) in [5.74, 6) is -0.243. The van der Waals surface area contributed by atoms with Crippen LogP contribution in [0, 0.1) is 0 Å². The topological polar surface area (TPSA) is 75.3 Å². The molecule has 0 atom stereocenters. The van der Waals surface area contributed by atoms with Crippen molar-refractivity contribution < 1.29 is 13.2 Å². The molecule has 0 heterocycles. The Bertz CT molecular complexity index is 710. The molecule has 0 aliphatic carbocycles. The third-order valence-electron chi connectivity index (χ3n) is 2.99. The van der Waals surface area contributed by atoms with Crippen LogP contribution in [0.2, 0.25) is 0 Å². The lowest BCUT2D eigenvalue weighted by atomic mass is 10.2. The summed E-state index contributed by atoms with van der Waals surface area (Å²) in [4.78, 5) is 12.1. The molecule has 2 aromatic rings. The van der Waals surface area contributed by atoms with Crippen LogP contribution in [0.5, 0.6) is 0 Å². The average Bonchev–Trinajstić information content (AvgIpc) is 2.53. The van der Waals surface area contributed by atoms with E-state index in [9.17, 15) is 13.2 Å².